The number of carbonyl (C=O) groups is 1. The number of hydrogen-bond donors (Lipinski definition) is 1. The molecule has 0 saturated carbocycles. The molecule has 1 unspecified atom stereocenters. The van der Waals surface area contributed by atoms with Crippen LogP contribution in [0.4, 0.5) is 4.79 Å². The van der Waals surface area contributed by atoms with Crippen LogP contribution in [0.3, 0.4) is 0 Å². The van der Waals surface area contributed by atoms with Crippen molar-refractivity contribution in [2.24, 2.45) is 5.50 Å². The van der Waals surface area contributed by atoms with E-state index in [9.17, 15) is 9.36 Å². The molecule has 9 nitrogen and oxygen atoms in total. The highest BCUT2D eigenvalue weighted by Gasteiger charge is 2.31. The van der Waals surface area contributed by atoms with Gasteiger partial charge in [-0.2, -0.15) is 0 Å². The van der Waals surface area contributed by atoms with Gasteiger partial charge in [-0.3, -0.25) is 4.57 Å². The molecule has 0 aliphatic carbocycles. The number of nitrogens with two attached hydrogens (primary N) is 1. The van der Waals surface area contributed by atoms with Crippen LogP contribution in [0.5, 0.6) is 0 Å². The third-order valence-corrected chi connectivity index (χ3v) is 5.06. The molecular formula is C13H28N3O6P. The molecule has 1 amide bonds. The van der Waals surface area contributed by atoms with E-state index in [0.29, 0.717) is 46.0 Å². The van der Waals surface area contributed by atoms with Gasteiger partial charge in [0, 0.05) is 39.9 Å². The Balaban J connectivity index is 2.09. The molecule has 0 radical (unpaired) electrons. The van der Waals surface area contributed by atoms with Crippen molar-refractivity contribution in [3.05, 3.63) is 0 Å². The van der Waals surface area contributed by atoms with Crippen LogP contribution in [0.25, 0.3) is 0 Å². The zero-order valence-corrected chi connectivity index (χ0v) is 14.8. The minimum Gasteiger partial charge on any atom is -0.447 e. The summed E-state index contributed by atoms with van der Waals surface area (Å²) in [5, 5.41) is 0. The largest absolute Gasteiger partial charge is 0.447 e. The van der Waals surface area contributed by atoms with E-state index in [1.54, 1.807) is 9.57 Å². The van der Waals surface area contributed by atoms with Crippen LogP contribution in [0.1, 0.15) is 13.3 Å². The maximum Gasteiger partial charge on any atom is 0.409 e. The van der Waals surface area contributed by atoms with Crippen molar-refractivity contribution >= 4 is 13.8 Å². The lowest BCUT2D eigenvalue weighted by molar-refractivity contribution is 0.0202. The smallest absolute Gasteiger partial charge is 0.409 e. The summed E-state index contributed by atoms with van der Waals surface area (Å²) >= 11 is 0. The minimum atomic E-state index is -3.23. The number of ether oxygens (including phenoxy) is 3. The normalized spacial score (nSPS) is 18.7. The van der Waals surface area contributed by atoms with Crippen molar-refractivity contribution in [3.8, 4) is 0 Å². The van der Waals surface area contributed by atoms with Crippen LogP contribution in [0.15, 0.2) is 0 Å². The molecule has 10 heteroatoms. The molecule has 1 atom stereocenters. The third-order valence-electron chi connectivity index (χ3n) is 3.34. The van der Waals surface area contributed by atoms with Crippen LogP contribution < -0.4 is 5.50 Å². The molecule has 1 rings (SSSR count). The molecular weight excluding hydrogens is 325 g/mol. The lowest BCUT2D eigenvalue weighted by Gasteiger charge is -2.35. The molecule has 0 spiro atoms. The zero-order chi connectivity index (χ0) is 17.1. The molecule has 2 N–H and O–H groups in total. The number of carbonyl (C=O) groups excluding carboxylic acids is 1. The predicted octanol–water partition coefficient (Wildman–Crippen LogP) is 0.897. The van der Waals surface area contributed by atoms with Gasteiger partial charge in [0.2, 0.25) is 0 Å². The second-order valence-electron chi connectivity index (χ2n) is 5.03. The van der Waals surface area contributed by atoms with Gasteiger partial charge in [0.15, 0.2) is 0 Å². The number of amides is 1. The van der Waals surface area contributed by atoms with Crippen LogP contribution in [0.2, 0.25) is 0 Å². The Bertz CT molecular complexity index is 390. The monoisotopic (exact) mass is 353 g/mol. The summed E-state index contributed by atoms with van der Waals surface area (Å²) in [6.45, 7) is 5.91. The van der Waals surface area contributed by atoms with Crippen LogP contribution in [-0.4, -0.2) is 82.0 Å². The number of nitrogens with zero attached hydrogens (tertiary/aromatic N) is 2. The summed E-state index contributed by atoms with van der Waals surface area (Å²) in [6.07, 6.45) is 0.578. The Morgan fingerprint density at radius 3 is 2.17 bits per heavy atom. The van der Waals surface area contributed by atoms with Crippen molar-refractivity contribution in [3.63, 3.8) is 0 Å². The fourth-order valence-electron chi connectivity index (χ4n) is 2.02. The number of hydrogen-bond acceptors (Lipinski definition) is 6. The molecule has 0 aromatic carbocycles. The first-order valence-electron chi connectivity index (χ1n) is 7.78. The molecule has 0 aromatic rings. The second kappa shape index (κ2) is 11.0. The molecule has 1 aliphatic rings. The van der Waals surface area contributed by atoms with Gasteiger partial charge < -0.3 is 23.6 Å². The van der Waals surface area contributed by atoms with E-state index in [4.69, 9.17) is 24.2 Å². The number of piperazine rings is 1. The fraction of sp³-hybridized carbons (Fsp3) is 0.923. The Hall–Kier alpha value is -0.700. The summed E-state index contributed by atoms with van der Waals surface area (Å²) < 4.78 is 33.9. The van der Waals surface area contributed by atoms with E-state index in [0.717, 1.165) is 13.0 Å². The van der Waals surface area contributed by atoms with Crippen LogP contribution in [0, 0.1) is 0 Å². The van der Waals surface area contributed by atoms with Crippen molar-refractivity contribution in [1.82, 2.24) is 9.57 Å². The first-order chi connectivity index (χ1) is 11.0. The molecule has 1 saturated heterocycles. The van der Waals surface area contributed by atoms with Gasteiger partial charge in [0.05, 0.1) is 19.8 Å². The van der Waals surface area contributed by atoms with Gasteiger partial charge >= 0.3 is 13.8 Å². The lowest BCUT2D eigenvalue weighted by atomic mass is 10.4. The van der Waals surface area contributed by atoms with E-state index >= 15 is 0 Å². The van der Waals surface area contributed by atoms with Crippen molar-refractivity contribution < 1.29 is 28.1 Å². The quantitative estimate of drug-likeness (QED) is 0.456. The topological polar surface area (TPSA) is 104 Å². The van der Waals surface area contributed by atoms with Gasteiger partial charge in [-0.05, 0) is 6.42 Å². The van der Waals surface area contributed by atoms with Gasteiger partial charge in [0.25, 0.3) is 0 Å². The summed E-state index contributed by atoms with van der Waals surface area (Å²) in [4.78, 5) is 13.4. The molecule has 1 heterocycles. The maximum atomic E-state index is 11.9. The van der Waals surface area contributed by atoms with Crippen molar-refractivity contribution in [2.45, 2.75) is 13.3 Å². The zero-order valence-electron chi connectivity index (χ0n) is 13.9. The van der Waals surface area contributed by atoms with E-state index in [2.05, 4.69) is 0 Å². The molecule has 0 aromatic heterocycles. The Kier molecular flexibility index (Phi) is 9.69. The molecule has 1 aliphatic heterocycles. The summed E-state index contributed by atoms with van der Waals surface area (Å²) in [6, 6.07) is 0. The SMILES string of the molecule is CCCOCCOCCOC(=O)N1CCN(P(N)(=O)OC)CC1. The fourth-order valence-corrected chi connectivity index (χ4v) is 2.99. The standard InChI is InChI=1S/C13H28N3O6P/c1-3-8-20-9-10-21-11-12-22-13(17)15-4-6-16(7-5-15)23(14,18)19-2/h3-12H2,1-2H3,(H2,14,18). The van der Waals surface area contributed by atoms with Gasteiger partial charge in [0.1, 0.15) is 6.61 Å². The predicted molar refractivity (Wildman–Crippen MR) is 85.2 cm³/mol. The van der Waals surface area contributed by atoms with Crippen LogP contribution in [-0.2, 0) is 23.3 Å². The molecule has 0 bridgehead atoms. The Morgan fingerprint density at radius 2 is 1.61 bits per heavy atom. The Labute approximate surface area is 137 Å². The van der Waals surface area contributed by atoms with Crippen LogP contribution >= 0.6 is 7.67 Å². The summed E-state index contributed by atoms with van der Waals surface area (Å²) in [7, 11) is -1.91. The average Bonchev–Trinajstić information content (AvgIpc) is 2.57. The highest BCUT2D eigenvalue weighted by Crippen LogP contribution is 2.41. The molecule has 23 heavy (non-hydrogen) atoms. The minimum absolute atomic E-state index is 0.195. The van der Waals surface area contributed by atoms with Gasteiger partial charge in [-0.15, -0.1) is 0 Å². The Morgan fingerprint density at radius 1 is 1.04 bits per heavy atom. The van der Waals surface area contributed by atoms with Crippen molar-refractivity contribution in [2.75, 3.05) is 66.3 Å². The van der Waals surface area contributed by atoms with E-state index in [1.807, 2.05) is 6.92 Å². The third kappa shape index (κ3) is 7.60. The van der Waals surface area contributed by atoms with Gasteiger partial charge in [-0.1, -0.05) is 6.92 Å². The second-order valence-corrected chi connectivity index (χ2v) is 7.09. The summed E-state index contributed by atoms with van der Waals surface area (Å²) in [5.74, 6) is 0. The molecule has 1 fully saturated rings. The van der Waals surface area contributed by atoms with Gasteiger partial charge in [-0.25, -0.2) is 15.0 Å². The first-order valence-corrected chi connectivity index (χ1v) is 9.43. The maximum absolute atomic E-state index is 11.9. The highest BCUT2D eigenvalue weighted by atomic mass is 31.2. The van der Waals surface area contributed by atoms with Crippen molar-refractivity contribution in [1.29, 1.82) is 0 Å². The van der Waals surface area contributed by atoms with E-state index < -0.39 is 13.8 Å². The summed E-state index contributed by atoms with van der Waals surface area (Å²) in [5.41, 5.74) is 5.57. The molecule has 136 valence electrons. The average molecular weight is 353 g/mol. The first kappa shape index (κ1) is 20.3. The lowest BCUT2D eigenvalue weighted by Crippen LogP contribution is -2.48. The number of rotatable bonds is 10. The van der Waals surface area contributed by atoms with E-state index in [1.165, 1.54) is 7.11 Å². The highest BCUT2D eigenvalue weighted by molar-refractivity contribution is 7.53. The van der Waals surface area contributed by atoms with E-state index in [-0.39, 0.29) is 6.61 Å².